The van der Waals surface area contributed by atoms with E-state index in [1.54, 1.807) is 16.2 Å². The zero-order valence-corrected chi connectivity index (χ0v) is 21.3. The second kappa shape index (κ2) is 7.68. The SMILES string of the molecule is Cc1nnc2n1-c1sc3c(c1C(c1ccccc1Cl)=NC21CC1)C[C@H](C(=O)N1CCC(F)(F)CC1)C3. The number of benzene rings is 1. The zero-order valence-electron chi connectivity index (χ0n) is 19.7. The van der Waals surface area contributed by atoms with Gasteiger partial charge in [0.1, 0.15) is 16.4 Å². The normalized spacial score (nSPS) is 23.1. The molecule has 1 aromatic carbocycles. The number of piperidine rings is 1. The molecule has 4 heterocycles. The quantitative estimate of drug-likeness (QED) is 0.465. The molecule has 36 heavy (non-hydrogen) atoms. The van der Waals surface area contributed by atoms with Gasteiger partial charge < -0.3 is 4.90 Å². The van der Waals surface area contributed by atoms with Gasteiger partial charge >= 0.3 is 0 Å². The number of carbonyl (C=O) groups is 1. The summed E-state index contributed by atoms with van der Waals surface area (Å²) in [6.07, 6.45) is 2.46. The third-order valence-electron chi connectivity index (χ3n) is 7.97. The van der Waals surface area contributed by atoms with Crippen LogP contribution in [0, 0.1) is 12.8 Å². The van der Waals surface area contributed by atoms with E-state index in [0.717, 1.165) is 56.8 Å². The van der Waals surface area contributed by atoms with Crippen molar-refractivity contribution < 1.29 is 13.6 Å². The number of carbonyl (C=O) groups excluding carboxylic acids is 1. The highest BCUT2D eigenvalue weighted by Crippen LogP contribution is 2.54. The maximum Gasteiger partial charge on any atom is 0.251 e. The first-order chi connectivity index (χ1) is 17.3. The van der Waals surface area contributed by atoms with E-state index in [1.807, 2.05) is 31.2 Å². The molecule has 2 fully saturated rings. The molecule has 10 heteroatoms. The Morgan fingerprint density at radius 3 is 2.58 bits per heavy atom. The lowest BCUT2D eigenvalue weighted by Crippen LogP contribution is -2.45. The van der Waals surface area contributed by atoms with Crippen LogP contribution in [0.1, 0.15) is 58.9 Å². The van der Waals surface area contributed by atoms with Crippen molar-refractivity contribution >= 4 is 34.6 Å². The van der Waals surface area contributed by atoms with E-state index >= 15 is 0 Å². The lowest BCUT2D eigenvalue weighted by atomic mass is 9.96. The second-order valence-corrected chi connectivity index (χ2v) is 11.8. The minimum Gasteiger partial charge on any atom is -0.342 e. The van der Waals surface area contributed by atoms with E-state index in [4.69, 9.17) is 16.6 Å². The van der Waals surface area contributed by atoms with E-state index in [-0.39, 0.29) is 37.8 Å². The molecule has 0 N–H and O–H groups in total. The molecule has 1 saturated heterocycles. The van der Waals surface area contributed by atoms with Gasteiger partial charge in [-0.25, -0.2) is 8.78 Å². The molecule has 1 spiro atoms. The molecule has 3 aromatic rings. The summed E-state index contributed by atoms with van der Waals surface area (Å²) >= 11 is 8.36. The highest BCUT2D eigenvalue weighted by molar-refractivity contribution is 7.15. The number of halogens is 3. The van der Waals surface area contributed by atoms with Gasteiger partial charge in [-0.2, -0.15) is 0 Å². The third-order valence-corrected chi connectivity index (χ3v) is 9.54. The van der Waals surface area contributed by atoms with Gasteiger partial charge in [0.2, 0.25) is 5.91 Å². The van der Waals surface area contributed by atoms with Crippen LogP contribution < -0.4 is 0 Å². The molecule has 1 amide bonds. The van der Waals surface area contributed by atoms with E-state index in [2.05, 4.69) is 14.8 Å². The summed E-state index contributed by atoms with van der Waals surface area (Å²) in [5.41, 5.74) is 3.44. The molecular formula is C26H24ClF2N5OS. The van der Waals surface area contributed by atoms with E-state index in [0.29, 0.717) is 17.9 Å². The fourth-order valence-corrected chi connectivity index (χ4v) is 7.52. The summed E-state index contributed by atoms with van der Waals surface area (Å²) < 4.78 is 29.5. The number of aromatic nitrogens is 3. The van der Waals surface area contributed by atoms with Gasteiger partial charge in [-0.05, 0) is 44.2 Å². The van der Waals surface area contributed by atoms with Gasteiger partial charge in [0.25, 0.3) is 5.92 Å². The lowest BCUT2D eigenvalue weighted by Gasteiger charge is -2.33. The van der Waals surface area contributed by atoms with Crippen molar-refractivity contribution in [2.75, 3.05) is 13.1 Å². The maximum absolute atomic E-state index is 13.7. The number of rotatable bonds is 2. The van der Waals surface area contributed by atoms with Gasteiger partial charge in [0.05, 0.1) is 5.71 Å². The van der Waals surface area contributed by atoms with Crippen LogP contribution in [-0.2, 0) is 23.2 Å². The van der Waals surface area contributed by atoms with Crippen LogP contribution in [0.4, 0.5) is 8.78 Å². The maximum atomic E-state index is 13.7. The minimum atomic E-state index is -2.67. The number of alkyl halides is 2. The summed E-state index contributed by atoms with van der Waals surface area (Å²) in [6.45, 7) is 2.19. The number of likely N-dealkylation sites (tertiary alicyclic amines) is 1. The number of amides is 1. The first-order valence-corrected chi connectivity index (χ1v) is 13.5. The van der Waals surface area contributed by atoms with Crippen molar-refractivity contribution in [3.63, 3.8) is 0 Å². The second-order valence-electron chi connectivity index (χ2n) is 10.3. The number of nitrogens with zero attached hydrogens (tertiary/aromatic N) is 5. The average molecular weight is 528 g/mol. The molecule has 0 bridgehead atoms. The molecule has 4 aliphatic rings. The van der Waals surface area contributed by atoms with Crippen molar-refractivity contribution in [1.29, 1.82) is 0 Å². The molecule has 2 aliphatic heterocycles. The van der Waals surface area contributed by atoms with Gasteiger partial charge in [-0.3, -0.25) is 14.4 Å². The standard InChI is InChI=1S/C26H24ClF2N5OS/c1-14-31-32-24-25(6-7-25)30-21(16-4-2-3-5-18(16)27)20-17-12-15(13-19(17)36-23(20)34(14)24)22(35)33-10-8-26(28,29)9-11-33/h2-5,15H,6-13H2,1H3/t15-/m0/s1. The Kier molecular flexibility index (Phi) is 4.81. The predicted octanol–water partition coefficient (Wildman–Crippen LogP) is 5.10. The number of aryl methyl sites for hydroxylation is 1. The van der Waals surface area contributed by atoms with E-state index < -0.39 is 11.5 Å². The van der Waals surface area contributed by atoms with Gasteiger partial charge in [0.15, 0.2) is 5.82 Å². The number of aliphatic imine (C=N–C) groups is 1. The van der Waals surface area contributed by atoms with Gasteiger partial charge in [-0.15, -0.1) is 21.5 Å². The Balaban J connectivity index is 1.32. The minimum absolute atomic E-state index is 0.0210. The Morgan fingerprint density at radius 2 is 1.86 bits per heavy atom. The Labute approximate surface area is 216 Å². The molecule has 186 valence electrons. The number of hydrogen-bond donors (Lipinski definition) is 0. The highest BCUT2D eigenvalue weighted by Gasteiger charge is 2.52. The Morgan fingerprint density at radius 1 is 1.11 bits per heavy atom. The summed E-state index contributed by atoms with van der Waals surface area (Å²) in [5, 5.41) is 10.6. The first-order valence-electron chi connectivity index (χ1n) is 12.4. The predicted molar refractivity (Wildman–Crippen MR) is 134 cm³/mol. The topological polar surface area (TPSA) is 63.4 Å². The van der Waals surface area contributed by atoms with Crippen LogP contribution >= 0.6 is 22.9 Å². The molecule has 6 nitrogen and oxygen atoms in total. The van der Waals surface area contributed by atoms with Crippen molar-refractivity contribution in [2.45, 2.75) is 56.9 Å². The average Bonchev–Trinajstić information content (AvgIpc) is 3.19. The van der Waals surface area contributed by atoms with Crippen molar-refractivity contribution in [3.8, 4) is 5.00 Å². The van der Waals surface area contributed by atoms with Crippen LogP contribution in [0.2, 0.25) is 5.02 Å². The molecule has 1 saturated carbocycles. The fourth-order valence-electron chi connectivity index (χ4n) is 5.84. The largest absolute Gasteiger partial charge is 0.342 e. The van der Waals surface area contributed by atoms with Gasteiger partial charge in [-0.1, -0.05) is 29.8 Å². The van der Waals surface area contributed by atoms with Crippen molar-refractivity contribution in [2.24, 2.45) is 10.9 Å². The molecule has 0 unspecified atom stereocenters. The zero-order chi connectivity index (χ0) is 24.8. The number of thiophene rings is 1. The molecule has 0 radical (unpaired) electrons. The number of fused-ring (bicyclic) bond motifs is 6. The lowest BCUT2D eigenvalue weighted by molar-refractivity contribution is -0.141. The van der Waals surface area contributed by atoms with Crippen LogP contribution in [0.25, 0.3) is 5.00 Å². The van der Waals surface area contributed by atoms with Crippen LogP contribution in [0.15, 0.2) is 29.3 Å². The summed E-state index contributed by atoms with van der Waals surface area (Å²) in [7, 11) is 0. The fraction of sp³-hybridized carbons (Fsp3) is 0.462. The molecule has 2 aromatic heterocycles. The number of hydrogen-bond acceptors (Lipinski definition) is 5. The summed E-state index contributed by atoms with van der Waals surface area (Å²) in [4.78, 5) is 21.4. The molecule has 7 rings (SSSR count). The Hall–Kier alpha value is -2.65. The van der Waals surface area contributed by atoms with E-state index in [9.17, 15) is 13.6 Å². The summed E-state index contributed by atoms with van der Waals surface area (Å²) in [5.74, 6) is -1.25. The molecule has 1 atom stereocenters. The van der Waals surface area contributed by atoms with Gasteiger partial charge in [0, 0.05) is 52.9 Å². The highest BCUT2D eigenvalue weighted by atomic mass is 35.5. The van der Waals surface area contributed by atoms with Crippen LogP contribution in [0.5, 0.6) is 0 Å². The van der Waals surface area contributed by atoms with Crippen LogP contribution in [0.3, 0.4) is 0 Å². The Bertz CT molecular complexity index is 1450. The smallest absolute Gasteiger partial charge is 0.251 e. The van der Waals surface area contributed by atoms with Crippen molar-refractivity contribution in [1.82, 2.24) is 19.7 Å². The summed E-state index contributed by atoms with van der Waals surface area (Å²) in [6, 6.07) is 7.74. The monoisotopic (exact) mass is 527 g/mol. The third kappa shape index (κ3) is 3.31. The van der Waals surface area contributed by atoms with E-state index in [1.165, 1.54) is 0 Å². The van der Waals surface area contributed by atoms with Crippen LogP contribution in [-0.4, -0.2) is 50.3 Å². The molecule has 2 aliphatic carbocycles. The molecular weight excluding hydrogens is 504 g/mol. The van der Waals surface area contributed by atoms with Crippen molar-refractivity contribution in [3.05, 3.63) is 62.5 Å². The first kappa shape index (κ1) is 22.5.